The van der Waals surface area contributed by atoms with Gasteiger partial charge in [0.15, 0.2) is 0 Å². The Morgan fingerprint density at radius 3 is 2.33 bits per heavy atom. The van der Waals surface area contributed by atoms with E-state index in [0.717, 1.165) is 25.8 Å². The Bertz CT molecular complexity index is 289. The minimum absolute atomic E-state index is 0.116. The van der Waals surface area contributed by atoms with Crippen molar-refractivity contribution in [1.29, 1.82) is 0 Å². The van der Waals surface area contributed by atoms with Crippen molar-refractivity contribution in [2.24, 2.45) is 0 Å². The first-order valence-corrected chi connectivity index (χ1v) is 8.51. The molecule has 0 saturated heterocycles. The van der Waals surface area contributed by atoms with E-state index in [1.165, 1.54) is 12.8 Å². The smallest absolute Gasteiger partial charge is 0.267 e. The molecule has 0 saturated carbocycles. The lowest BCUT2D eigenvalue weighted by atomic mass is 10.1. The lowest BCUT2D eigenvalue weighted by molar-refractivity contribution is 0.213. The summed E-state index contributed by atoms with van der Waals surface area (Å²) in [6.07, 6.45) is 5.87. The number of hydrogen-bond donors (Lipinski definition) is 0. The Labute approximate surface area is 113 Å². The monoisotopic (exact) mass is 279 g/mol. The molecule has 0 aromatic carbocycles. The summed E-state index contributed by atoms with van der Waals surface area (Å²) in [6.45, 7) is 4.78. The maximum absolute atomic E-state index is 11.7. The van der Waals surface area contributed by atoms with E-state index in [9.17, 15) is 8.42 Å². The molecule has 4 nitrogen and oxygen atoms in total. The molecule has 18 heavy (non-hydrogen) atoms. The summed E-state index contributed by atoms with van der Waals surface area (Å²) in [5.74, 6) is 0.116. The van der Waals surface area contributed by atoms with E-state index in [1.54, 1.807) is 0 Å². The Kier molecular flexibility index (Phi) is 9.68. The highest BCUT2D eigenvalue weighted by molar-refractivity contribution is 7.86. The second-order valence-electron chi connectivity index (χ2n) is 5.17. The highest BCUT2D eigenvalue weighted by Gasteiger charge is 2.15. The number of rotatable bonds is 11. The summed E-state index contributed by atoms with van der Waals surface area (Å²) in [5.41, 5.74) is 0. The van der Waals surface area contributed by atoms with Crippen LogP contribution >= 0.6 is 0 Å². The van der Waals surface area contributed by atoms with Gasteiger partial charge in [-0.1, -0.05) is 32.6 Å². The van der Waals surface area contributed by atoms with E-state index in [1.807, 2.05) is 25.9 Å². The summed E-state index contributed by atoms with van der Waals surface area (Å²) in [7, 11) is 0.523. The molecule has 1 unspecified atom stereocenters. The van der Waals surface area contributed by atoms with Crippen LogP contribution in [0.5, 0.6) is 0 Å². The third-order valence-corrected chi connectivity index (χ3v) is 4.19. The van der Waals surface area contributed by atoms with Crippen LogP contribution in [0.3, 0.4) is 0 Å². The van der Waals surface area contributed by atoms with Crippen LogP contribution in [-0.2, 0) is 14.3 Å². The minimum Gasteiger partial charge on any atom is -0.309 e. The molecule has 0 aliphatic rings. The van der Waals surface area contributed by atoms with Crippen molar-refractivity contribution >= 4 is 10.1 Å². The quantitative estimate of drug-likeness (QED) is 0.431. The van der Waals surface area contributed by atoms with Crippen LogP contribution in [0, 0.1) is 0 Å². The topological polar surface area (TPSA) is 46.6 Å². The summed E-state index contributed by atoms with van der Waals surface area (Å²) in [4.78, 5) is 1.98. The minimum atomic E-state index is -3.35. The number of unbranched alkanes of at least 4 members (excludes halogenated alkanes) is 3. The summed E-state index contributed by atoms with van der Waals surface area (Å²) >= 11 is 0. The zero-order valence-electron chi connectivity index (χ0n) is 12.3. The van der Waals surface area contributed by atoms with Gasteiger partial charge in [0.05, 0.1) is 11.9 Å². The van der Waals surface area contributed by atoms with Gasteiger partial charge in [0.2, 0.25) is 0 Å². The third kappa shape index (κ3) is 11.0. The first kappa shape index (κ1) is 17.9. The second-order valence-corrected chi connectivity index (χ2v) is 6.89. The molecular weight excluding hydrogens is 250 g/mol. The fourth-order valence-electron chi connectivity index (χ4n) is 1.76. The standard InChI is InChI=1S/C13H29NO3S/c1-5-6-7-8-10-13(2)17-18(15,16)12-9-11-14(3)4/h13H,5-12H2,1-4H3. The Morgan fingerprint density at radius 2 is 1.78 bits per heavy atom. The van der Waals surface area contributed by atoms with Crippen molar-refractivity contribution < 1.29 is 12.6 Å². The van der Waals surface area contributed by atoms with Crippen molar-refractivity contribution in [3.63, 3.8) is 0 Å². The molecular formula is C13H29NO3S. The number of nitrogens with zero attached hydrogens (tertiary/aromatic N) is 1. The van der Waals surface area contributed by atoms with Crippen molar-refractivity contribution in [1.82, 2.24) is 4.90 Å². The third-order valence-electron chi connectivity index (χ3n) is 2.77. The van der Waals surface area contributed by atoms with Gasteiger partial charge in [-0.15, -0.1) is 0 Å². The van der Waals surface area contributed by atoms with E-state index < -0.39 is 10.1 Å². The lowest BCUT2D eigenvalue weighted by Gasteiger charge is -2.14. The highest BCUT2D eigenvalue weighted by atomic mass is 32.2. The van der Waals surface area contributed by atoms with Gasteiger partial charge in [-0.25, -0.2) is 0 Å². The second kappa shape index (κ2) is 9.75. The fourth-order valence-corrected chi connectivity index (χ4v) is 2.94. The van der Waals surface area contributed by atoms with E-state index in [-0.39, 0.29) is 11.9 Å². The molecule has 0 rings (SSSR count). The van der Waals surface area contributed by atoms with Crippen LogP contribution in [-0.4, -0.2) is 45.8 Å². The van der Waals surface area contributed by atoms with Crippen LogP contribution in [0.4, 0.5) is 0 Å². The maximum Gasteiger partial charge on any atom is 0.267 e. The largest absolute Gasteiger partial charge is 0.309 e. The summed E-state index contributed by atoms with van der Waals surface area (Å²) in [5, 5.41) is 0. The Balaban J connectivity index is 3.78. The van der Waals surface area contributed by atoms with Gasteiger partial charge in [0.1, 0.15) is 0 Å². The first-order valence-electron chi connectivity index (χ1n) is 6.93. The zero-order chi connectivity index (χ0) is 14.0. The molecule has 0 radical (unpaired) electrons. The molecule has 0 aromatic rings. The molecule has 110 valence electrons. The Morgan fingerprint density at radius 1 is 1.11 bits per heavy atom. The van der Waals surface area contributed by atoms with Gasteiger partial charge >= 0.3 is 0 Å². The average Bonchev–Trinajstić information content (AvgIpc) is 2.22. The van der Waals surface area contributed by atoms with Gasteiger partial charge in [0.25, 0.3) is 10.1 Å². The molecule has 1 atom stereocenters. The Hall–Kier alpha value is -0.130. The van der Waals surface area contributed by atoms with E-state index in [2.05, 4.69) is 6.92 Å². The lowest BCUT2D eigenvalue weighted by Crippen LogP contribution is -2.21. The van der Waals surface area contributed by atoms with Crippen molar-refractivity contribution in [2.45, 2.75) is 58.5 Å². The molecule has 0 aliphatic heterocycles. The number of hydrogen-bond acceptors (Lipinski definition) is 4. The van der Waals surface area contributed by atoms with Gasteiger partial charge in [-0.05, 0) is 40.4 Å². The predicted molar refractivity (Wildman–Crippen MR) is 76.3 cm³/mol. The first-order chi connectivity index (χ1) is 8.37. The SMILES string of the molecule is CCCCCCC(C)OS(=O)(=O)CCCN(C)C. The van der Waals surface area contributed by atoms with E-state index >= 15 is 0 Å². The van der Waals surface area contributed by atoms with E-state index in [0.29, 0.717) is 6.42 Å². The van der Waals surface area contributed by atoms with Crippen LogP contribution in [0.1, 0.15) is 52.4 Å². The van der Waals surface area contributed by atoms with Gasteiger partial charge in [-0.2, -0.15) is 8.42 Å². The van der Waals surface area contributed by atoms with Gasteiger partial charge in [0, 0.05) is 0 Å². The van der Waals surface area contributed by atoms with Crippen LogP contribution in [0.25, 0.3) is 0 Å². The van der Waals surface area contributed by atoms with Crippen molar-refractivity contribution in [3.8, 4) is 0 Å². The van der Waals surface area contributed by atoms with Crippen LogP contribution in [0.15, 0.2) is 0 Å². The van der Waals surface area contributed by atoms with Crippen LogP contribution in [0.2, 0.25) is 0 Å². The van der Waals surface area contributed by atoms with Gasteiger partial charge in [-0.3, -0.25) is 4.18 Å². The molecule has 0 aliphatic carbocycles. The molecule has 0 bridgehead atoms. The molecule has 0 fully saturated rings. The predicted octanol–water partition coefficient (Wildman–Crippen LogP) is 2.64. The zero-order valence-corrected chi connectivity index (χ0v) is 13.1. The van der Waals surface area contributed by atoms with Crippen LogP contribution < -0.4 is 0 Å². The van der Waals surface area contributed by atoms with Crippen molar-refractivity contribution in [2.75, 3.05) is 26.4 Å². The normalized spacial score (nSPS) is 14.1. The van der Waals surface area contributed by atoms with E-state index in [4.69, 9.17) is 4.18 Å². The summed E-state index contributed by atoms with van der Waals surface area (Å²) < 4.78 is 28.5. The fraction of sp³-hybridized carbons (Fsp3) is 1.00. The molecule has 0 aromatic heterocycles. The summed E-state index contributed by atoms with van der Waals surface area (Å²) in [6, 6.07) is 0. The maximum atomic E-state index is 11.7. The van der Waals surface area contributed by atoms with Crippen molar-refractivity contribution in [3.05, 3.63) is 0 Å². The highest BCUT2D eigenvalue weighted by Crippen LogP contribution is 2.11. The molecule has 0 spiro atoms. The molecule has 5 heteroatoms. The molecule has 0 N–H and O–H groups in total. The average molecular weight is 279 g/mol. The molecule has 0 heterocycles. The van der Waals surface area contributed by atoms with Gasteiger partial charge < -0.3 is 4.90 Å². The molecule has 0 amide bonds.